The Bertz CT molecular complexity index is 1400. The number of fused-ring (bicyclic) bond motifs is 1. The molecule has 0 radical (unpaired) electrons. The molecule has 0 saturated carbocycles. The molecule has 2 heterocycles. The lowest BCUT2D eigenvalue weighted by Crippen LogP contribution is -2.35. The molecule has 1 saturated heterocycles. The van der Waals surface area contributed by atoms with Crippen molar-refractivity contribution in [1.82, 2.24) is 4.90 Å². The number of ether oxygens (including phenoxy) is 4. The number of nitrogens with zero attached hydrogens (tertiary/aromatic N) is 1. The number of sulfonamides is 1. The van der Waals surface area contributed by atoms with Gasteiger partial charge in [0.05, 0.1) is 25.5 Å². The molecule has 234 valence electrons. The minimum Gasteiger partial charge on any atom is -0.463 e. The second kappa shape index (κ2) is 15.6. The van der Waals surface area contributed by atoms with Gasteiger partial charge in [-0.25, -0.2) is 18.4 Å². The fourth-order valence-corrected chi connectivity index (χ4v) is 5.72. The van der Waals surface area contributed by atoms with Crippen LogP contribution in [0.5, 0.6) is 5.75 Å². The zero-order valence-corrected chi connectivity index (χ0v) is 26.1. The summed E-state index contributed by atoms with van der Waals surface area (Å²) < 4.78 is 45.1. The van der Waals surface area contributed by atoms with Crippen LogP contribution in [0.1, 0.15) is 87.2 Å². The minimum absolute atomic E-state index is 0.0192. The van der Waals surface area contributed by atoms with Crippen LogP contribution in [0.4, 0.5) is 4.79 Å². The van der Waals surface area contributed by atoms with Crippen LogP contribution in [0.15, 0.2) is 42.5 Å². The number of aryl methyl sites for hydroxylation is 1. The number of nitrogens with two attached hydrogens (primary N) is 1. The maximum Gasteiger partial charge on any atom is 0.410 e. The molecule has 1 atom stereocenters. The number of hydrogen-bond acceptors (Lipinski definition) is 7. The van der Waals surface area contributed by atoms with E-state index in [1.54, 1.807) is 4.90 Å². The van der Waals surface area contributed by atoms with Gasteiger partial charge in [0, 0.05) is 44.5 Å². The van der Waals surface area contributed by atoms with E-state index in [-0.39, 0.29) is 18.0 Å². The van der Waals surface area contributed by atoms with E-state index in [1.807, 2.05) is 56.3 Å². The maximum absolute atomic E-state index is 12.4. The normalized spacial score (nSPS) is 17.5. The second-order valence-corrected chi connectivity index (χ2v) is 13.3. The second-order valence-electron chi connectivity index (χ2n) is 11.6. The standard InChI is InChI=1S/C33H44N2O7S/c1-33(2)40-25-29-23-28(16-17-30(29)42-33)31-24-35(32(36)41-31)18-7-3-4-8-19-39-20-9-5-12-26-14-11-15-27(22-26)13-6-10-21-43(34,37)38/h11,14-17,22-23,31H,3-4,6-10,13,18-21,24-25H2,1-2H3,(H2,34,37,38). The van der Waals surface area contributed by atoms with Gasteiger partial charge in [0.2, 0.25) is 15.8 Å². The quantitative estimate of drug-likeness (QED) is 0.210. The van der Waals surface area contributed by atoms with E-state index in [9.17, 15) is 13.2 Å². The van der Waals surface area contributed by atoms with Gasteiger partial charge in [-0.3, -0.25) is 0 Å². The van der Waals surface area contributed by atoms with Gasteiger partial charge in [0.25, 0.3) is 0 Å². The molecule has 43 heavy (non-hydrogen) atoms. The van der Waals surface area contributed by atoms with E-state index in [0.717, 1.165) is 66.5 Å². The molecule has 0 aliphatic carbocycles. The van der Waals surface area contributed by atoms with Crippen molar-refractivity contribution in [3.63, 3.8) is 0 Å². The number of cyclic esters (lactones) is 1. The fourth-order valence-electron chi connectivity index (χ4n) is 5.11. The van der Waals surface area contributed by atoms with Crippen LogP contribution in [0.2, 0.25) is 0 Å². The lowest BCUT2D eigenvalue weighted by molar-refractivity contribution is -0.180. The predicted octanol–water partition coefficient (Wildman–Crippen LogP) is 5.46. The summed E-state index contributed by atoms with van der Waals surface area (Å²) in [5, 5.41) is 5.05. The molecule has 2 aromatic carbocycles. The van der Waals surface area contributed by atoms with Gasteiger partial charge in [-0.15, -0.1) is 0 Å². The van der Waals surface area contributed by atoms with Gasteiger partial charge in [-0.2, -0.15) is 0 Å². The molecule has 1 unspecified atom stereocenters. The third-order valence-corrected chi connectivity index (χ3v) is 8.27. The minimum atomic E-state index is -3.39. The Morgan fingerprint density at radius 3 is 2.72 bits per heavy atom. The van der Waals surface area contributed by atoms with Gasteiger partial charge in [-0.05, 0) is 67.5 Å². The van der Waals surface area contributed by atoms with Crippen LogP contribution < -0.4 is 9.88 Å². The number of unbranched alkanes of at least 4 members (excludes halogenated alkanes) is 4. The molecule has 1 amide bonds. The van der Waals surface area contributed by atoms with Crippen molar-refractivity contribution in [1.29, 1.82) is 0 Å². The van der Waals surface area contributed by atoms with Crippen molar-refractivity contribution in [2.75, 3.05) is 32.1 Å². The van der Waals surface area contributed by atoms with E-state index in [1.165, 1.54) is 0 Å². The molecule has 0 bridgehead atoms. The Labute approximate surface area is 256 Å². The number of hydrogen-bond donors (Lipinski definition) is 1. The van der Waals surface area contributed by atoms with Crippen molar-refractivity contribution < 1.29 is 32.2 Å². The first kappa shape index (κ1) is 32.8. The number of carbonyl (C=O) groups excluding carboxylic acids is 1. The van der Waals surface area contributed by atoms with Crippen molar-refractivity contribution in [3.8, 4) is 17.6 Å². The molecule has 10 heteroatoms. The summed E-state index contributed by atoms with van der Waals surface area (Å²) in [5.41, 5.74) is 4.03. The first-order valence-electron chi connectivity index (χ1n) is 15.2. The number of amides is 1. The topological polar surface area (TPSA) is 117 Å². The van der Waals surface area contributed by atoms with E-state index in [2.05, 4.69) is 11.8 Å². The first-order chi connectivity index (χ1) is 20.6. The van der Waals surface area contributed by atoms with Crippen molar-refractivity contribution in [2.24, 2.45) is 5.14 Å². The monoisotopic (exact) mass is 612 g/mol. The number of rotatable bonds is 15. The van der Waals surface area contributed by atoms with E-state index in [4.69, 9.17) is 24.1 Å². The van der Waals surface area contributed by atoms with Crippen LogP contribution >= 0.6 is 0 Å². The smallest absolute Gasteiger partial charge is 0.410 e. The highest BCUT2D eigenvalue weighted by atomic mass is 32.2. The average molecular weight is 613 g/mol. The van der Waals surface area contributed by atoms with Crippen LogP contribution in [-0.2, 0) is 37.3 Å². The summed E-state index contributed by atoms with van der Waals surface area (Å²) >= 11 is 0. The van der Waals surface area contributed by atoms with Gasteiger partial charge in [-0.1, -0.05) is 42.9 Å². The highest BCUT2D eigenvalue weighted by Gasteiger charge is 2.33. The van der Waals surface area contributed by atoms with Crippen molar-refractivity contribution in [2.45, 2.75) is 83.7 Å². The molecule has 0 spiro atoms. The summed E-state index contributed by atoms with van der Waals surface area (Å²) in [4.78, 5) is 14.2. The maximum atomic E-state index is 12.4. The molecular weight excluding hydrogens is 568 g/mol. The van der Waals surface area contributed by atoms with Gasteiger partial charge >= 0.3 is 6.09 Å². The summed E-state index contributed by atoms with van der Waals surface area (Å²) in [6.07, 6.45) is 6.24. The molecule has 2 N–H and O–H groups in total. The van der Waals surface area contributed by atoms with Crippen molar-refractivity contribution in [3.05, 3.63) is 64.7 Å². The third kappa shape index (κ3) is 11.2. The first-order valence-corrected chi connectivity index (χ1v) is 16.9. The highest BCUT2D eigenvalue weighted by molar-refractivity contribution is 7.89. The van der Waals surface area contributed by atoms with Crippen LogP contribution in [0.3, 0.4) is 0 Å². The SMILES string of the molecule is CC1(C)OCc2cc(C3CN(CCCCCCOCCC#Cc4cccc(CCCCS(N)(=O)=O)c4)C(=O)O3)ccc2O1. The van der Waals surface area contributed by atoms with Gasteiger partial charge in [0.15, 0.2) is 0 Å². The van der Waals surface area contributed by atoms with Crippen molar-refractivity contribution >= 4 is 16.1 Å². The lowest BCUT2D eigenvalue weighted by Gasteiger charge is -2.32. The molecule has 2 aromatic rings. The van der Waals surface area contributed by atoms with Crippen LogP contribution in [0, 0.1) is 11.8 Å². The van der Waals surface area contributed by atoms with E-state index < -0.39 is 15.8 Å². The van der Waals surface area contributed by atoms with E-state index >= 15 is 0 Å². The molecular formula is C33H44N2O7S. The molecule has 2 aliphatic heterocycles. The molecule has 9 nitrogen and oxygen atoms in total. The lowest BCUT2D eigenvalue weighted by atomic mass is 10.0. The molecule has 1 fully saturated rings. The Hall–Kier alpha value is -3.10. The number of benzene rings is 2. The van der Waals surface area contributed by atoms with Crippen LogP contribution in [0.25, 0.3) is 0 Å². The molecule has 2 aliphatic rings. The molecule has 0 aromatic heterocycles. The third-order valence-electron chi connectivity index (χ3n) is 7.42. The van der Waals surface area contributed by atoms with Crippen LogP contribution in [-0.4, -0.2) is 57.3 Å². The summed E-state index contributed by atoms with van der Waals surface area (Å²) in [5.74, 6) is 6.54. The summed E-state index contributed by atoms with van der Waals surface area (Å²) in [6.45, 7) is 6.80. The Kier molecular flexibility index (Phi) is 11.9. The highest BCUT2D eigenvalue weighted by Crippen LogP contribution is 2.35. The average Bonchev–Trinajstić information content (AvgIpc) is 3.33. The van der Waals surface area contributed by atoms with Gasteiger partial charge in [0.1, 0.15) is 11.9 Å². The van der Waals surface area contributed by atoms with Gasteiger partial charge < -0.3 is 23.8 Å². The predicted molar refractivity (Wildman–Crippen MR) is 165 cm³/mol. The molecule has 4 rings (SSSR count). The largest absolute Gasteiger partial charge is 0.463 e. The zero-order valence-electron chi connectivity index (χ0n) is 25.3. The number of primary sulfonamides is 1. The summed E-state index contributed by atoms with van der Waals surface area (Å²) in [6, 6.07) is 13.9. The summed E-state index contributed by atoms with van der Waals surface area (Å²) in [7, 11) is -3.39. The zero-order chi connectivity index (χ0) is 30.7. The fraction of sp³-hybridized carbons (Fsp3) is 0.545. The van der Waals surface area contributed by atoms with E-state index in [0.29, 0.717) is 45.8 Å². The Morgan fingerprint density at radius 2 is 1.88 bits per heavy atom. The Morgan fingerprint density at radius 1 is 1.05 bits per heavy atom. The number of carbonyl (C=O) groups is 1. The Balaban J connectivity index is 1.04.